The topological polar surface area (TPSA) is 220 Å². The summed E-state index contributed by atoms with van der Waals surface area (Å²) in [6.45, 7) is 0. The number of nitrogens with one attached hydrogen (secondary N) is 1. The number of hydrogen-bond acceptors (Lipinski definition) is 11. The van der Waals surface area contributed by atoms with E-state index in [1.54, 1.807) is 30.3 Å². The van der Waals surface area contributed by atoms with Crippen molar-refractivity contribution in [1.29, 1.82) is 15.8 Å². The molecule has 2 heterocycles. The van der Waals surface area contributed by atoms with Crippen molar-refractivity contribution >= 4 is 28.1 Å². The van der Waals surface area contributed by atoms with E-state index >= 15 is 0 Å². The summed E-state index contributed by atoms with van der Waals surface area (Å²) in [7, 11) is 1.44. The molecule has 1 amide bonds. The number of aromatic nitrogens is 4. The number of carbonyl (C=O) groups excluding carboxylic acids is 1. The van der Waals surface area contributed by atoms with Crippen molar-refractivity contribution in [3.8, 4) is 40.9 Å². The maximum atomic E-state index is 11.4. The van der Waals surface area contributed by atoms with Gasteiger partial charge in [-0.2, -0.15) is 15.8 Å². The van der Waals surface area contributed by atoms with Crippen LogP contribution >= 0.6 is 0 Å². The summed E-state index contributed by atoms with van der Waals surface area (Å²) in [6.07, 6.45) is 0. The standard InChI is InChI=1S/C14H7N5O.C13H7N5O2/c1-20-19-13-9-5-3-2-4-8(9)12-14(13)18-11(7-16)10(6-15)17-12;14-5-8-11(13(15)19)17-9-6-3-1-2-4-7(6)10(18-20)12(9)16-8/h2-5H,1H3;1-4,17H,(H2,15,19). The summed E-state index contributed by atoms with van der Waals surface area (Å²) in [5.41, 5.74) is 9.00. The van der Waals surface area contributed by atoms with Gasteiger partial charge in [-0.15, -0.1) is 4.91 Å². The van der Waals surface area contributed by atoms with Gasteiger partial charge in [-0.1, -0.05) is 53.7 Å². The first-order chi connectivity index (χ1) is 19.5. The average Bonchev–Trinajstić information content (AvgIpc) is 3.47. The average molecular weight is 526 g/mol. The van der Waals surface area contributed by atoms with E-state index in [-0.39, 0.29) is 34.2 Å². The van der Waals surface area contributed by atoms with Gasteiger partial charge in [0, 0.05) is 21.9 Å². The number of nitrogens with two attached hydrogens (primary N) is 1. The molecule has 2 aromatic carbocycles. The van der Waals surface area contributed by atoms with E-state index in [0.717, 1.165) is 11.1 Å². The minimum absolute atomic E-state index is 0.0112. The van der Waals surface area contributed by atoms with Crippen LogP contribution in [0.3, 0.4) is 0 Å². The first kappa shape index (κ1) is 25.1. The van der Waals surface area contributed by atoms with E-state index < -0.39 is 5.91 Å². The largest absolute Gasteiger partial charge is 0.399 e. The number of aromatic amines is 1. The van der Waals surface area contributed by atoms with Crippen molar-refractivity contribution in [2.45, 2.75) is 0 Å². The molecule has 1 aromatic heterocycles. The van der Waals surface area contributed by atoms with Crippen LogP contribution < -0.4 is 5.73 Å². The summed E-state index contributed by atoms with van der Waals surface area (Å²) in [5, 5.41) is 35.3. The van der Waals surface area contributed by atoms with Crippen molar-refractivity contribution in [1.82, 2.24) is 19.9 Å². The lowest BCUT2D eigenvalue weighted by Crippen LogP contribution is -2.17. The number of amides is 1. The highest BCUT2D eigenvalue weighted by Gasteiger charge is 2.30. The zero-order chi connectivity index (χ0) is 28.4. The molecule has 6 rings (SSSR count). The summed E-state index contributed by atoms with van der Waals surface area (Å²) in [4.78, 5) is 42.5. The Kier molecular flexibility index (Phi) is 6.34. The Morgan fingerprint density at radius 1 is 0.850 bits per heavy atom. The number of H-pyrrole nitrogens is 1. The fourth-order valence-corrected chi connectivity index (χ4v) is 4.37. The first-order valence-electron chi connectivity index (χ1n) is 11.4. The molecule has 13 heteroatoms. The van der Waals surface area contributed by atoms with Crippen LogP contribution in [0.15, 0.2) is 58.9 Å². The number of hydrogen-bond donors (Lipinski definition) is 2. The zero-order valence-electron chi connectivity index (χ0n) is 20.5. The maximum Gasteiger partial charge on any atom is 0.268 e. The highest BCUT2D eigenvalue weighted by molar-refractivity contribution is 6.22. The maximum absolute atomic E-state index is 11.4. The molecule has 0 saturated carbocycles. The van der Waals surface area contributed by atoms with Crippen molar-refractivity contribution in [2.24, 2.45) is 16.1 Å². The summed E-state index contributed by atoms with van der Waals surface area (Å²) >= 11 is 0. The summed E-state index contributed by atoms with van der Waals surface area (Å²) < 4.78 is 0. The number of primary amides is 1. The Morgan fingerprint density at radius 3 is 2.02 bits per heavy atom. The van der Waals surface area contributed by atoms with Crippen LogP contribution in [0.5, 0.6) is 0 Å². The lowest BCUT2D eigenvalue weighted by Gasteiger charge is -2.05. The van der Waals surface area contributed by atoms with E-state index in [9.17, 15) is 9.70 Å². The number of nitrogens with zero attached hydrogens (tertiary/aromatic N) is 8. The van der Waals surface area contributed by atoms with Gasteiger partial charge < -0.3 is 15.6 Å². The minimum Gasteiger partial charge on any atom is -0.399 e. The van der Waals surface area contributed by atoms with E-state index in [2.05, 4.69) is 30.3 Å². The Morgan fingerprint density at radius 2 is 1.43 bits per heavy atom. The molecule has 0 fully saturated rings. The Balaban J connectivity index is 0.000000161. The smallest absolute Gasteiger partial charge is 0.268 e. The van der Waals surface area contributed by atoms with Gasteiger partial charge >= 0.3 is 0 Å². The molecule has 0 bridgehead atoms. The molecular formula is C27H14N10O3. The van der Waals surface area contributed by atoms with Crippen LogP contribution in [-0.2, 0) is 4.84 Å². The third-order valence-corrected chi connectivity index (χ3v) is 6.02. The third-order valence-electron chi connectivity index (χ3n) is 6.02. The summed E-state index contributed by atoms with van der Waals surface area (Å²) in [5.74, 6) is -0.790. The van der Waals surface area contributed by atoms with Gasteiger partial charge in [0.1, 0.15) is 59.5 Å². The molecule has 13 nitrogen and oxygen atoms in total. The second-order valence-electron chi connectivity index (χ2n) is 8.16. The van der Waals surface area contributed by atoms with Crippen molar-refractivity contribution in [3.63, 3.8) is 0 Å². The van der Waals surface area contributed by atoms with Crippen LogP contribution in [-0.4, -0.2) is 38.7 Å². The van der Waals surface area contributed by atoms with Crippen LogP contribution in [0.2, 0.25) is 0 Å². The Labute approximate surface area is 225 Å². The van der Waals surface area contributed by atoms with E-state index in [4.69, 9.17) is 26.4 Å². The van der Waals surface area contributed by atoms with E-state index in [1.807, 2.05) is 36.4 Å². The molecule has 0 unspecified atom stereocenters. The molecule has 3 aromatic rings. The van der Waals surface area contributed by atoms with Crippen molar-refractivity contribution in [3.05, 3.63) is 87.5 Å². The van der Waals surface area contributed by atoms with E-state index in [0.29, 0.717) is 33.6 Å². The Bertz CT molecular complexity index is 1990. The predicted molar refractivity (Wildman–Crippen MR) is 141 cm³/mol. The fraction of sp³-hybridized carbons (Fsp3) is 0.0370. The van der Waals surface area contributed by atoms with Crippen LogP contribution in [0, 0.1) is 38.9 Å². The SMILES string of the molecule is CON=C1c2ccccc2-c2nc(C#N)c(C#N)nc21.N#Cc1nc2c(N=O)c3ccccc3c-2[nH]c1C(N)=O. The van der Waals surface area contributed by atoms with Gasteiger partial charge in [0.25, 0.3) is 5.91 Å². The van der Waals surface area contributed by atoms with Gasteiger partial charge in [0.2, 0.25) is 0 Å². The molecule has 190 valence electrons. The lowest BCUT2D eigenvalue weighted by atomic mass is 10.1. The number of benzene rings is 2. The van der Waals surface area contributed by atoms with Gasteiger partial charge in [-0.3, -0.25) is 4.79 Å². The molecular weight excluding hydrogens is 512 g/mol. The number of oxime groups is 1. The van der Waals surface area contributed by atoms with Crippen LogP contribution in [0.1, 0.15) is 38.8 Å². The Hall–Kier alpha value is -6.52. The number of nitriles is 3. The van der Waals surface area contributed by atoms with Gasteiger partial charge in [0.15, 0.2) is 17.1 Å². The zero-order valence-corrected chi connectivity index (χ0v) is 20.5. The molecule has 3 N–H and O–H groups in total. The number of carbonyl (C=O) groups is 1. The fourth-order valence-electron chi connectivity index (χ4n) is 4.37. The van der Waals surface area contributed by atoms with Gasteiger partial charge in [-0.25, -0.2) is 15.0 Å². The molecule has 0 spiro atoms. The summed E-state index contributed by atoms with van der Waals surface area (Å²) in [6, 6.07) is 20.0. The second kappa shape index (κ2) is 10.1. The number of fused-ring (bicyclic) bond motifs is 6. The molecule has 3 aliphatic rings. The number of rotatable bonds is 3. The highest BCUT2D eigenvalue weighted by atomic mass is 16.6. The van der Waals surface area contributed by atoms with Crippen LogP contribution in [0.4, 0.5) is 5.69 Å². The molecule has 0 saturated heterocycles. The van der Waals surface area contributed by atoms with Crippen LogP contribution in [0.25, 0.3) is 33.4 Å². The normalized spacial score (nSPS) is 11.9. The highest BCUT2D eigenvalue weighted by Crippen LogP contribution is 2.42. The molecule has 40 heavy (non-hydrogen) atoms. The number of nitroso groups, excluding NO2 is 1. The predicted octanol–water partition coefficient (Wildman–Crippen LogP) is 3.64. The van der Waals surface area contributed by atoms with Crippen molar-refractivity contribution < 1.29 is 9.63 Å². The van der Waals surface area contributed by atoms with Gasteiger partial charge in [-0.05, 0) is 5.18 Å². The second-order valence-corrected chi connectivity index (χ2v) is 8.16. The molecule has 0 atom stereocenters. The van der Waals surface area contributed by atoms with Gasteiger partial charge in [0.05, 0.1) is 5.69 Å². The van der Waals surface area contributed by atoms with E-state index in [1.165, 1.54) is 7.11 Å². The quantitative estimate of drug-likeness (QED) is 0.253. The molecule has 2 aliphatic carbocycles. The minimum atomic E-state index is -0.790. The lowest BCUT2D eigenvalue weighted by molar-refractivity contribution is 0.0995. The molecule has 1 aliphatic heterocycles. The third kappa shape index (κ3) is 3.91. The first-order valence-corrected chi connectivity index (χ1v) is 11.4. The van der Waals surface area contributed by atoms with Crippen molar-refractivity contribution in [2.75, 3.05) is 7.11 Å². The monoisotopic (exact) mass is 526 g/mol. The molecule has 0 radical (unpaired) electrons.